The molecule has 0 amide bonds. The van der Waals surface area contributed by atoms with Crippen LogP contribution in [0.25, 0.3) is 10.7 Å². The summed E-state index contributed by atoms with van der Waals surface area (Å²) in [6, 6.07) is 15.7. The zero-order chi connectivity index (χ0) is 18.9. The Morgan fingerprint density at radius 3 is 2.50 bits per heavy atom. The summed E-state index contributed by atoms with van der Waals surface area (Å²) in [6.07, 6.45) is 6.26. The molecule has 3 heterocycles. The lowest BCUT2D eigenvalue weighted by Gasteiger charge is -2.29. The second kappa shape index (κ2) is 7.93. The monoisotopic (exact) mass is 411 g/mol. The molecule has 1 saturated carbocycles. The normalized spacial score (nSPS) is 22.4. The zero-order valence-corrected chi connectivity index (χ0v) is 17.7. The standard InChI is InChI=1S/C22H26N4S2/c27-22-25(23-21(20-7-4-14-28-20)26(22)19-8-9-19)16-24-12-10-18(11-13-24)15-17-5-2-1-3-6-17/h1-7,14,18-19H,8-13,15-16H2/p+1. The third kappa shape index (κ3) is 3.86. The lowest BCUT2D eigenvalue weighted by molar-refractivity contribution is -0.929. The van der Waals surface area contributed by atoms with Crippen molar-refractivity contribution in [3.63, 3.8) is 0 Å². The number of hydrogen-bond acceptors (Lipinski definition) is 3. The average molecular weight is 412 g/mol. The molecule has 0 spiro atoms. The van der Waals surface area contributed by atoms with E-state index >= 15 is 0 Å². The van der Waals surface area contributed by atoms with E-state index in [0.717, 1.165) is 23.2 Å². The molecule has 4 nitrogen and oxygen atoms in total. The molecule has 0 radical (unpaired) electrons. The minimum atomic E-state index is 0.560. The quantitative estimate of drug-likeness (QED) is 0.622. The first-order chi connectivity index (χ1) is 13.8. The maximum atomic E-state index is 5.84. The van der Waals surface area contributed by atoms with E-state index in [1.807, 2.05) is 0 Å². The number of aromatic nitrogens is 3. The number of nitrogens with zero attached hydrogens (tertiary/aromatic N) is 3. The maximum Gasteiger partial charge on any atom is 0.203 e. The fourth-order valence-corrected chi connectivity index (χ4v) is 5.41. The molecule has 6 heteroatoms. The van der Waals surface area contributed by atoms with Gasteiger partial charge >= 0.3 is 0 Å². The summed E-state index contributed by atoms with van der Waals surface area (Å²) in [5.41, 5.74) is 1.47. The highest BCUT2D eigenvalue weighted by Crippen LogP contribution is 2.39. The lowest BCUT2D eigenvalue weighted by atomic mass is 9.90. The first-order valence-corrected chi connectivity index (χ1v) is 11.7. The van der Waals surface area contributed by atoms with Gasteiger partial charge in [0, 0.05) is 6.04 Å². The number of quaternary nitrogens is 1. The predicted molar refractivity (Wildman–Crippen MR) is 116 cm³/mol. The molecule has 5 rings (SSSR count). The van der Waals surface area contributed by atoms with E-state index in [4.69, 9.17) is 17.3 Å². The fourth-order valence-electron chi connectivity index (χ4n) is 4.37. The van der Waals surface area contributed by atoms with Gasteiger partial charge in [0.25, 0.3) is 0 Å². The third-order valence-corrected chi connectivity index (χ3v) is 7.35. The van der Waals surface area contributed by atoms with Crippen LogP contribution in [0.4, 0.5) is 0 Å². The number of piperidine rings is 1. The van der Waals surface area contributed by atoms with Crippen LogP contribution in [0, 0.1) is 10.7 Å². The predicted octanol–water partition coefficient (Wildman–Crippen LogP) is 3.97. The second-order valence-electron chi connectivity index (χ2n) is 8.23. The van der Waals surface area contributed by atoms with Crippen molar-refractivity contribution in [3.05, 3.63) is 58.2 Å². The molecule has 1 N–H and O–H groups in total. The van der Waals surface area contributed by atoms with E-state index in [1.54, 1.807) is 16.2 Å². The minimum Gasteiger partial charge on any atom is -0.316 e. The van der Waals surface area contributed by atoms with Crippen LogP contribution in [0.2, 0.25) is 0 Å². The number of hydrogen-bond donors (Lipinski definition) is 1. The van der Waals surface area contributed by atoms with Gasteiger partial charge in [-0.15, -0.1) is 16.4 Å². The fraction of sp³-hybridized carbons (Fsp3) is 0.455. The SMILES string of the molecule is S=c1n(C[NH+]2CCC(Cc3ccccc3)CC2)nc(-c2cccs2)n1C1CC1. The number of benzene rings is 1. The molecule has 0 bridgehead atoms. The van der Waals surface area contributed by atoms with Gasteiger partial charge in [0.2, 0.25) is 4.77 Å². The first kappa shape index (κ1) is 18.3. The number of thiophene rings is 1. The van der Waals surface area contributed by atoms with E-state index in [9.17, 15) is 0 Å². The molecule has 2 aliphatic rings. The van der Waals surface area contributed by atoms with E-state index in [0.29, 0.717) is 6.04 Å². The van der Waals surface area contributed by atoms with Gasteiger partial charge in [-0.25, -0.2) is 0 Å². The van der Waals surface area contributed by atoms with E-state index in [2.05, 4.69) is 57.1 Å². The van der Waals surface area contributed by atoms with Gasteiger partial charge in [-0.3, -0.25) is 4.57 Å². The van der Waals surface area contributed by atoms with Gasteiger partial charge in [0.15, 0.2) is 12.5 Å². The Labute approximate surface area is 175 Å². The summed E-state index contributed by atoms with van der Waals surface area (Å²) in [5, 5.41) is 7.08. The molecule has 28 heavy (non-hydrogen) atoms. The molecule has 1 aliphatic carbocycles. The highest BCUT2D eigenvalue weighted by molar-refractivity contribution is 7.71. The van der Waals surface area contributed by atoms with Crippen molar-refractivity contribution in [2.75, 3.05) is 13.1 Å². The molecule has 1 aliphatic heterocycles. The van der Waals surface area contributed by atoms with Crippen LogP contribution in [0.1, 0.15) is 37.3 Å². The number of rotatable bonds is 6. The van der Waals surface area contributed by atoms with Crippen LogP contribution >= 0.6 is 23.6 Å². The smallest absolute Gasteiger partial charge is 0.203 e. The van der Waals surface area contributed by atoms with Crippen molar-refractivity contribution < 1.29 is 4.90 Å². The zero-order valence-electron chi connectivity index (χ0n) is 16.1. The first-order valence-electron chi connectivity index (χ1n) is 10.4. The Bertz CT molecular complexity index is 962. The van der Waals surface area contributed by atoms with Gasteiger partial charge in [-0.05, 0) is 67.2 Å². The van der Waals surface area contributed by atoms with Crippen LogP contribution in [-0.4, -0.2) is 27.4 Å². The number of likely N-dealkylation sites (tertiary alicyclic amines) is 1. The van der Waals surface area contributed by atoms with Gasteiger partial charge in [0.1, 0.15) is 0 Å². The molecule has 2 aromatic heterocycles. The summed E-state index contributed by atoms with van der Waals surface area (Å²) in [6.45, 7) is 3.32. The van der Waals surface area contributed by atoms with Crippen molar-refractivity contribution in [1.29, 1.82) is 0 Å². The molecular weight excluding hydrogens is 384 g/mol. The summed E-state index contributed by atoms with van der Waals surface area (Å²) in [4.78, 5) is 2.84. The molecule has 0 atom stereocenters. The summed E-state index contributed by atoms with van der Waals surface area (Å²) < 4.78 is 5.31. The van der Waals surface area contributed by atoms with E-state index in [-0.39, 0.29) is 0 Å². The third-order valence-electron chi connectivity index (χ3n) is 6.08. The molecule has 146 valence electrons. The Hall–Kier alpha value is -1.76. The largest absolute Gasteiger partial charge is 0.316 e. The molecule has 2 fully saturated rings. The van der Waals surface area contributed by atoms with Crippen molar-refractivity contribution >= 4 is 23.6 Å². The van der Waals surface area contributed by atoms with Crippen molar-refractivity contribution in [1.82, 2.24) is 14.3 Å². The molecule has 0 unspecified atom stereocenters. The van der Waals surface area contributed by atoms with Crippen molar-refractivity contribution in [3.8, 4) is 10.7 Å². The lowest BCUT2D eigenvalue weighted by Crippen LogP contribution is -3.12. The number of nitrogens with one attached hydrogen (secondary N) is 1. The summed E-state index contributed by atoms with van der Waals surface area (Å²) in [7, 11) is 0. The Balaban J connectivity index is 1.26. The highest BCUT2D eigenvalue weighted by atomic mass is 32.1. The maximum absolute atomic E-state index is 5.84. The Kier molecular flexibility index (Phi) is 5.18. The molecule has 3 aromatic rings. The van der Waals surface area contributed by atoms with Crippen LogP contribution in [-0.2, 0) is 13.1 Å². The molecule has 1 aromatic carbocycles. The van der Waals surface area contributed by atoms with Crippen LogP contribution in [0.3, 0.4) is 0 Å². The Morgan fingerprint density at radius 1 is 1.04 bits per heavy atom. The van der Waals surface area contributed by atoms with Crippen LogP contribution in [0.5, 0.6) is 0 Å². The van der Waals surface area contributed by atoms with Crippen molar-refractivity contribution in [2.24, 2.45) is 5.92 Å². The van der Waals surface area contributed by atoms with Gasteiger partial charge in [-0.2, -0.15) is 4.68 Å². The van der Waals surface area contributed by atoms with E-state index in [1.165, 1.54) is 55.6 Å². The highest BCUT2D eigenvalue weighted by Gasteiger charge is 2.30. The minimum absolute atomic E-state index is 0.560. The van der Waals surface area contributed by atoms with Gasteiger partial charge in [-0.1, -0.05) is 36.4 Å². The summed E-state index contributed by atoms with van der Waals surface area (Å²) >= 11 is 7.59. The summed E-state index contributed by atoms with van der Waals surface area (Å²) in [5.74, 6) is 1.88. The van der Waals surface area contributed by atoms with E-state index < -0.39 is 0 Å². The topological polar surface area (TPSA) is 27.2 Å². The second-order valence-corrected chi connectivity index (χ2v) is 9.54. The van der Waals surface area contributed by atoms with Gasteiger partial charge < -0.3 is 4.90 Å². The molecular formula is C22H27N4S2+. The van der Waals surface area contributed by atoms with Crippen LogP contribution < -0.4 is 4.90 Å². The molecule has 1 saturated heterocycles. The van der Waals surface area contributed by atoms with Gasteiger partial charge in [0.05, 0.1) is 18.0 Å². The van der Waals surface area contributed by atoms with Crippen LogP contribution in [0.15, 0.2) is 47.8 Å². The average Bonchev–Trinajstić information content (AvgIpc) is 3.30. The van der Waals surface area contributed by atoms with Crippen molar-refractivity contribution in [2.45, 2.75) is 44.8 Å². The Morgan fingerprint density at radius 2 is 1.82 bits per heavy atom.